The molecule has 1 aromatic heterocycles. The zero-order valence-electron chi connectivity index (χ0n) is 20.6. The van der Waals surface area contributed by atoms with E-state index in [9.17, 15) is 9.90 Å². The normalized spacial score (nSPS) is 20.1. The summed E-state index contributed by atoms with van der Waals surface area (Å²) >= 11 is 0. The van der Waals surface area contributed by atoms with Crippen molar-refractivity contribution in [1.29, 1.82) is 0 Å². The molecule has 3 rings (SSSR count). The molecule has 1 unspecified atom stereocenters. The zero-order chi connectivity index (χ0) is 24.2. The molecule has 33 heavy (non-hydrogen) atoms. The molecule has 1 aliphatic carbocycles. The standard InChI is InChI=1S/C26H37NO6/c1-16(2)22-21(27-24(33-22)19-11-8-12-20(14-19)30-5)23(31-6)18-10-7-9-17(13-18)15-32-26(3,4)25(28)29/h8,11-12,14,16-18,23H,7,9-10,13,15H2,1-6H3,(H,28,29)/t17-,18+,23?/m0/s1. The Bertz CT molecular complexity index is 935. The summed E-state index contributed by atoms with van der Waals surface area (Å²) < 4.78 is 23.4. The Morgan fingerprint density at radius 2 is 2.03 bits per heavy atom. The molecule has 0 amide bonds. The van der Waals surface area contributed by atoms with E-state index in [-0.39, 0.29) is 23.9 Å². The molecule has 1 heterocycles. The topological polar surface area (TPSA) is 91.0 Å². The third-order valence-corrected chi connectivity index (χ3v) is 6.49. The van der Waals surface area contributed by atoms with E-state index < -0.39 is 11.6 Å². The number of methoxy groups -OCH3 is 2. The molecule has 1 aromatic carbocycles. The number of ether oxygens (including phenoxy) is 3. The van der Waals surface area contributed by atoms with Crippen LogP contribution < -0.4 is 4.74 Å². The number of oxazole rings is 1. The third-order valence-electron chi connectivity index (χ3n) is 6.49. The molecule has 3 atom stereocenters. The highest BCUT2D eigenvalue weighted by atomic mass is 16.5. The first kappa shape index (κ1) is 25.2. The first-order chi connectivity index (χ1) is 15.7. The number of carboxylic acid groups (broad SMARTS) is 1. The van der Waals surface area contributed by atoms with Gasteiger partial charge in [-0.2, -0.15) is 0 Å². The van der Waals surface area contributed by atoms with Crippen LogP contribution in [0.25, 0.3) is 11.5 Å². The number of rotatable bonds is 10. The van der Waals surface area contributed by atoms with Crippen molar-refractivity contribution in [1.82, 2.24) is 4.98 Å². The number of hydrogen-bond acceptors (Lipinski definition) is 6. The Morgan fingerprint density at radius 1 is 1.27 bits per heavy atom. The summed E-state index contributed by atoms with van der Waals surface area (Å²) in [4.78, 5) is 16.3. The predicted octanol–water partition coefficient (Wildman–Crippen LogP) is 5.85. The maximum Gasteiger partial charge on any atom is 0.335 e. The number of nitrogens with zero attached hydrogens (tertiary/aromatic N) is 1. The predicted molar refractivity (Wildman–Crippen MR) is 125 cm³/mol. The number of carbonyl (C=O) groups is 1. The van der Waals surface area contributed by atoms with Gasteiger partial charge in [0.15, 0.2) is 5.60 Å². The lowest BCUT2D eigenvalue weighted by molar-refractivity contribution is -0.163. The molecule has 1 saturated carbocycles. The van der Waals surface area contributed by atoms with Crippen LogP contribution in [-0.4, -0.2) is 42.5 Å². The smallest absolute Gasteiger partial charge is 0.335 e. The van der Waals surface area contributed by atoms with Crippen LogP contribution in [0.15, 0.2) is 28.7 Å². The monoisotopic (exact) mass is 459 g/mol. The SMILES string of the molecule is COc1cccc(-c2nc(C(OC)[C@@H]3CCC[C@H](COC(C)(C)C(=O)O)C3)c(C(C)C)o2)c1. The van der Waals surface area contributed by atoms with E-state index >= 15 is 0 Å². The Morgan fingerprint density at radius 3 is 2.67 bits per heavy atom. The fraction of sp³-hybridized carbons (Fsp3) is 0.615. The van der Waals surface area contributed by atoms with Crippen LogP contribution in [0.3, 0.4) is 0 Å². The first-order valence-electron chi connectivity index (χ1n) is 11.7. The lowest BCUT2D eigenvalue weighted by Gasteiger charge is -2.34. The van der Waals surface area contributed by atoms with Gasteiger partial charge in [-0.25, -0.2) is 9.78 Å². The largest absolute Gasteiger partial charge is 0.497 e. The Hall–Kier alpha value is -2.38. The maximum absolute atomic E-state index is 11.4. The van der Waals surface area contributed by atoms with E-state index in [0.717, 1.165) is 48.5 Å². The van der Waals surface area contributed by atoms with Gasteiger partial charge in [0.1, 0.15) is 23.3 Å². The first-order valence-corrected chi connectivity index (χ1v) is 11.7. The van der Waals surface area contributed by atoms with Crippen LogP contribution in [0.4, 0.5) is 0 Å². The molecule has 182 valence electrons. The zero-order valence-corrected chi connectivity index (χ0v) is 20.6. The summed E-state index contributed by atoms with van der Waals surface area (Å²) in [6.07, 6.45) is 3.79. The summed E-state index contributed by atoms with van der Waals surface area (Å²) in [5.74, 6) is 1.90. The highest BCUT2D eigenvalue weighted by molar-refractivity contribution is 5.76. The van der Waals surface area contributed by atoms with E-state index in [2.05, 4.69) is 13.8 Å². The Kier molecular flexibility index (Phi) is 8.19. The summed E-state index contributed by atoms with van der Waals surface area (Å²) in [7, 11) is 3.36. The molecule has 0 bridgehead atoms. The van der Waals surface area contributed by atoms with Crippen LogP contribution in [0.1, 0.15) is 76.9 Å². The molecule has 7 heteroatoms. The van der Waals surface area contributed by atoms with E-state index in [0.29, 0.717) is 12.5 Å². The highest BCUT2D eigenvalue weighted by Gasteiger charge is 2.36. The summed E-state index contributed by atoms with van der Waals surface area (Å²) in [6.45, 7) is 7.81. The Balaban J connectivity index is 1.82. The molecule has 0 spiro atoms. The second-order valence-corrected chi connectivity index (χ2v) is 9.73. The lowest BCUT2D eigenvalue weighted by atomic mass is 9.77. The van der Waals surface area contributed by atoms with Gasteiger partial charge in [0.2, 0.25) is 5.89 Å². The van der Waals surface area contributed by atoms with E-state index in [1.807, 2.05) is 24.3 Å². The molecule has 2 aromatic rings. The number of aliphatic carboxylic acids is 1. The van der Waals surface area contributed by atoms with Crippen LogP contribution >= 0.6 is 0 Å². The lowest BCUT2D eigenvalue weighted by Crippen LogP contribution is -2.37. The second-order valence-electron chi connectivity index (χ2n) is 9.73. The van der Waals surface area contributed by atoms with Crippen molar-refractivity contribution >= 4 is 5.97 Å². The van der Waals surface area contributed by atoms with Crippen LogP contribution in [0, 0.1) is 11.8 Å². The quantitative estimate of drug-likeness (QED) is 0.477. The molecular weight excluding hydrogens is 422 g/mol. The van der Waals surface area contributed by atoms with Gasteiger partial charge in [-0.3, -0.25) is 0 Å². The molecular formula is C26H37NO6. The van der Waals surface area contributed by atoms with Crippen molar-refractivity contribution in [2.75, 3.05) is 20.8 Å². The maximum atomic E-state index is 11.4. The number of hydrogen-bond donors (Lipinski definition) is 1. The van der Waals surface area contributed by atoms with Crippen molar-refractivity contribution in [3.8, 4) is 17.2 Å². The number of benzene rings is 1. The van der Waals surface area contributed by atoms with Gasteiger partial charge in [0, 0.05) is 18.6 Å². The summed E-state index contributed by atoms with van der Waals surface area (Å²) in [5, 5.41) is 9.34. The average Bonchev–Trinajstić information content (AvgIpc) is 3.24. The minimum Gasteiger partial charge on any atom is -0.497 e. The van der Waals surface area contributed by atoms with Crippen molar-refractivity contribution in [3.63, 3.8) is 0 Å². The van der Waals surface area contributed by atoms with Crippen LogP contribution in [0.2, 0.25) is 0 Å². The molecule has 1 N–H and O–H groups in total. The van der Waals surface area contributed by atoms with Gasteiger partial charge < -0.3 is 23.7 Å². The minimum absolute atomic E-state index is 0.156. The average molecular weight is 460 g/mol. The van der Waals surface area contributed by atoms with Crippen molar-refractivity contribution in [3.05, 3.63) is 35.7 Å². The van der Waals surface area contributed by atoms with Gasteiger partial charge >= 0.3 is 5.97 Å². The molecule has 1 aliphatic rings. The number of carboxylic acids is 1. The fourth-order valence-corrected chi connectivity index (χ4v) is 4.51. The minimum atomic E-state index is -1.18. The van der Waals surface area contributed by atoms with Gasteiger partial charge in [-0.05, 0) is 63.1 Å². The number of aromatic nitrogens is 1. The van der Waals surface area contributed by atoms with E-state index in [1.165, 1.54) is 0 Å². The van der Waals surface area contributed by atoms with Gasteiger partial charge in [-0.1, -0.05) is 26.3 Å². The molecule has 7 nitrogen and oxygen atoms in total. The molecule has 1 fully saturated rings. The molecule has 0 saturated heterocycles. The summed E-state index contributed by atoms with van der Waals surface area (Å²) in [5.41, 5.74) is 0.529. The molecule has 0 radical (unpaired) electrons. The molecule has 0 aliphatic heterocycles. The van der Waals surface area contributed by atoms with Gasteiger partial charge in [-0.15, -0.1) is 0 Å². The van der Waals surface area contributed by atoms with Gasteiger partial charge in [0.05, 0.1) is 13.7 Å². The van der Waals surface area contributed by atoms with Crippen LogP contribution in [0.5, 0.6) is 5.75 Å². The Labute approximate surface area is 196 Å². The van der Waals surface area contributed by atoms with Crippen molar-refractivity contribution in [2.24, 2.45) is 11.8 Å². The summed E-state index contributed by atoms with van der Waals surface area (Å²) in [6, 6.07) is 7.69. The van der Waals surface area contributed by atoms with E-state index in [4.69, 9.17) is 23.6 Å². The highest BCUT2D eigenvalue weighted by Crippen LogP contribution is 2.42. The third kappa shape index (κ3) is 5.95. The fourth-order valence-electron chi connectivity index (χ4n) is 4.51. The van der Waals surface area contributed by atoms with Crippen LogP contribution in [-0.2, 0) is 14.3 Å². The van der Waals surface area contributed by atoms with Gasteiger partial charge in [0.25, 0.3) is 0 Å². The second kappa shape index (κ2) is 10.7. The van der Waals surface area contributed by atoms with E-state index in [1.54, 1.807) is 28.1 Å². The van der Waals surface area contributed by atoms with Crippen molar-refractivity contribution in [2.45, 2.75) is 71.0 Å². The van der Waals surface area contributed by atoms with Crippen molar-refractivity contribution < 1.29 is 28.5 Å².